The van der Waals surface area contributed by atoms with Gasteiger partial charge in [-0.25, -0.2) is 0 Å². The minimum atomic E-state index is -0.876. The molecule has 1 heterocycles. The molecule has 0 unspecified atom stereocenters. The average molecular weight is 328 g/mol. The van der Waals surface area contributed by atoms with E-state index in [0.29, 0.717) is 6.42 Å². The van der Waals surface area contributed by atoms with Gasteiger partial charge in [0.05, 0.1) is 12.6 Å². The van der Waals surface area contributed by atoms with Gasteiger partial charge in [-0.3, -0.25) is 9.59 Å². The number of rotatable bonds is 6. The summed E-state index contributed by atoms with van der Waals surface area (Å²) in [7, 11) is 0. The van der Waals surface area contributed by atoms with E-state index in [1.54, 1.807) is 11.8 Å². The molecule has 1 aromatic rings. The minimum Gasteiger partial charge on any atom is -0.376 e. The van der Waals surface area contributed by atoms with Crippen molar-refractivity contribution in [2.45, 2.75) is 39.2 Å². The summed E-state index contributed by atoms with van der Waals surface area (Å²) in [6.45, 7) is 6.37. The molecule has 24 heavy (non-hydrogen) atoms. The number of anilines is 2. The fourth-order valence-corrected chi connectivity index (χ4v) is 2.50. The van der Waals surface area contributed by atoms with E-state index in [1.165, 1.54) is 0 Å². The van der Waals surface area contributed by atoms with Crippen LogP contribution < -0.4 is 15.5 Å². The van der Waals surface area contributed by atoms with Crippen LogP contribution in [-0.2, 0) is 9.59 Å². The van der Waals surface area contributed by atoms with Gasteiger partial charge in [0, 0.05) is 24.3 Å². The number of nitrogens with one attached hydrogen (secondary N) is 2. The summed E-state index contributed by atoms with van der Waals surface area (Å²) in [6.07, 6.45) is 1.50. The standard InChI is InChI=1S/C18H24N4O2/c1-13(2)18(3,12-19)21-16(23)11-20-14-6-8-15(9-7-14)22-10-4-5-17(22)24/h6-9,13,20H,4-5,10-11H2,1-3H3,(H,21,23)/t18-/m0/s1. The van der Waals surface area contributed by atoms with Gasteiger partial charge in [-0.05, 0) is 43.5 Å². The highest BCUT2D eigenvalue weighted by Gasteiger charge is 2.29. The Bertz CT molecular complexity index is 648. The van der Waals surface area contributed by atoms with Gasteiger partial charge in [0.15, 0.2) is 0 Å². The summed E-state index contributed by atoms with van der Waals surface area (Å²) in [5, 5.41) is 15.0. The van der Waals surface area contributed by atoms with E-state index >= 15 is 0 Å². The Morgan fingerprint density at radius 2 is 2.04 bits per heavy atom. The first-order valence-corrected chi connectivity index (χ1v) is 8.22. The normalized spacial score (nSPS) is 16.6. The van der Waals surface area contributed by atoms with Gasteiger partial charge in [-0.15, -0.1) is 0 Å². The van der Waals surface area contributed by atoms with Crippen LogP contribution in [-0.4, -0.2) is 30.4 Å². The molecule has 128 valence electrons. The summed E-state index contributed by atoms with van der Waals surface area (Å²) < 4.78 is 0. The molecule has 1 aliphatic heterocycles. The Balaban J connectivity index is 1.89. The Kier molecular flexibility index (Phi) is 5.45. The van der Waals surface area contributed by atoms with Gasteiger partial charge in [0.25, 0.3) is 0 Å². The third-order valence-electron chi connectivity index (χ3n) is 4.49. The van der Waals surface area contributed by atoms with Gasteiger partial charge in [0.1, 0.15) is 5.54 Å². The van der Waals surface area contributed by atoms with Crippen LogP contribution in [0.15, 0.2) is 24.3 Å². The van der Waals surface area contributed by atoms with Crippen LogP contribution in [0.25, 0.3) is 0 Å². The molecular weight excluding hydrogens is 304 g/mol. The van der Waals surface area contributed by atoms with E-state index in [-0.39, 0.29) is 24.3 Å². The topological polar surface area (TPSA) is 85.2 Å². The lowest BCUT2D eigenvalue weighted by Gasteiger charge is -2.27. The molecule has 0 saturated carbocycles. The van der Waals surface area contributed by atoms with E-state index in [2.05, 4.69) is 16.7 Å². The molecule has 2 rings (SSSR count). The maximum atomic E-state index is 12.0. The molecule has 0 bridgehead atoms. The number of amides is 2. The number of hydrogen-bond donors (Lipinski definition) is 2. The summed E-state index contributed by atoms with van der Waals surface area (Å²) in [4.78, 5) is 25.5. The average Bonchev–Trinajstić information content (AvgIpc) is 2.99. The van der Waals surface area contributed by atoms with Gasteiger partial charge in [-0.1, -0.05) is 13.8 Å². The fourth-order valence-electron chi connectivity index (χ4n) is 2.50. The molecule has 0 spiro atoms. The predicted octanol–water partition coefficient (Wildman–Crippen LogP) is 2.28. The lowest BCUT2D eigenvalue weighted by atomic mass is 9.90. The zero-order valence-corrected chi connectivity index (χ0v) is 14.4. The molecule has 0 aliphatic carbocycles. The predicted molar refractivity (Wildman–Crippen MR) is 93.5 cm³/mol. The Labute approximate surface area is 142 Å². The Morgan fingerprint density at radius 3 is 2.54 bits per heavy atom. The zero-order chi connectivity index (χ0) is 17.7. The number of carbonyl (C=O) groups excluding carboxylic acids is 2. The van der Waals surface area contributed by atoms with Crippen molar-refractivity contribution in [1.29, 1.82) is 5.26 Å². The Morgan fingerprint density at radius 1 is 1.38 bits per heavy atom. The van der Waals surface area contributed by atoms with E-state index in [0.717, 1.165) is 24.3 Å². The maximum absolute atomic E-state index is 12.0. The van der Waals surface area contributed by atoms with Gasteiger partial charge in [-0.2, -0.15) is 5.26 Å². The second-order valence-corrected chi connectivity index (χ2v) is 6.57. The second-order valence-electron chi connectivity index (χ2n) is 6.57. The van der Waals surface area contributed by atoms with Crippen LogP contribution in [0.4, 0.5) is 11.4 Å². The first-order valence-electron chi connectivity index (χ1n) is 8.22. The lowest BCUT2D eigenvalue weighted by Crippen LogP contribution is -2.50. The third-order valence-corrected chi connectivity index (χ3v) is 4.49. The van der Waals surface area contributed by atoms with Crippen LogP contribution in [0.3, 0.4) is 0 Å². The monoisotopic (exact) mass is 328 g/mol. The van der Waals surface area contributed by atoms with Crippen molar-refractivity contribution < 1.29 is 9.59 Å². The number of nitriles is 1. The van der Waals surface area contributed by atoms with Crippen LogP contribution in [0.1, 0.15) is 33.6 Å². The first kappa shape index (κ1) is 17.8. The molecule has 1 aliphatic rings. The molecule has 6 heteroatoms. The fraction of sp³-hybridized carbons (Fsp3) is 0.500. The van der Waals surface area contributed by atoms with E-state index < -0.39 is 5.54 Å². The highest BCUT2D eigenvalue weighted by molar-refractivity contribution is 5.95. The molecule has 0 aromatic heterocycles. The third kappa shape index (κ3) is 4.05. The molecular formula is C18H24N4O2. The molecule has 1 fully saturated rings. The van der Waals surface area contributed by atoms with E-state index in [4.69, 9.17) is 0 Å². The van der Waals surface area contributed by atoms with Crippen molar-refractivity contribution in [3.8, 4) is 6.07 Å². The minimum absolute atomic E-state index is 0.0173. The van der Waals surface area contributed by atoms with Crippen LogP contribution in [0.5, 0.6) is 0 Å². The van der Waals surface area contributed by atoms with Gasteiger partial charge in [0.2, 0.25) is 11.8 Å². The molecule has 1 atom stereocenters. The van der Waals surface area contributed by atoms with Crippen molar-refractivity contribution in [2.24, 2.45) is 5.92 Å². The van der Waals surface area contributed by atoms with Crippen molar-refractivity contribution in [2.75, 3.05) is 23.3 Å². The quantitative estimate of drug-likeness (QED) is 0.839. The summed E-state index contributed by atoms with van der Waals surface area (Å²) in [5.74, 6) is -0.0603. The highest BCUT2D eigenvalue weighted by atomic mass is 16.2. The van der Waals surface area contributed by atoms with E-state index in [9.17, 15) is 14.9 Å². The lowest BCUT2D eigenvalue weighted by molar-refractivity contribution is -0.121. The second kappa shape index (κ2) is 7.35. The summed E-state index contributed by atoms with van der Waals surface area (Å²) >= 11 is 0. The van der Waals surface area contributed by atoms with Crippen molar-refractivity contribution >= 4 is 23.2 Å². The molecule has 2 amide bonds. The molecule has 1 saturated heterocycles. The van der Waals surface area contributed by atoms with E-state index in [1.807, 2.05) is 38.1 Å². The molecule has 1 aromatic carbocycles. The zero-order valence-electron chi connectivity index (χ0n) is 14.4. The smallest absolute Gasteiger partial charge is 0.240 e. The largest absolute Gasteiger partial charge is 0.376 e. The maximum Gasteiger partial charge on any atom is 0.240 e. The van der Waals surface area contributed by atoms with Gasteiger partial charge >= 0.3 is 0 Å². The van der Waals surface area contributed by atoms with Crippen molar-refractivity contribution in [1.82, 2.24) is 5.32 Å². The SMILES string of the molecule is CC(C)[C@](C)(C#N)NC(=O)CNc1ccc(N2CCCC2=O)cc1. The van der Waals surface area contributed by atoms with Crippen molar-refractivity contribution in [3.05, 3.63) is 24.3 Å². The van der Waals surface area contributed by atoms with Crippen LogP contribution >= 0.6 is 0 Å². The van der Waals surface area contributed by atoms with Gasteiger partial charge < -0.3 is 15.5 Å². The number of benzene rings is 1. The highest BCUT2D eigenvalue weighted by Crippen LogP contribution is 2.23. The number of hydrogen-bond acceptors (Lipinski definition) is 4. The summed E-state index contributed by atoms with van der Waals surface area (Å²) in [6, 6.07) is 9.59. The molecule has 0 radical (unpaired) electrons. The van der Waals surface area contributed by atoms with Crippen LogP contribution in [0.2, 0.25) is 0 Å². The summed E-state index contributed by atoms with van der Waals surface area (Å²) in [5.41, 5.74) is 0.798. The first-order chi connectivity index (χ1) is 11.4. The Hall–Kier alpha value is -2.55. The molecule has 6 nitrogen and oxygen atoms in total. The number of carbonyl (C=O) groups is 2. The van der Waals surface area contributed by atoms with Crippen molar-refractivity contribution in [3.63, 3.8) is 0 Å². The van der Waals surface area contributed by atoms with Crippen LogP contribution in [0, 0.1) is 17.2 Å². The number of nitrogens with zero attached hydrogens (tertiary/aromatic N) is 2. The molecule has 2 N–H and O–H groups in total.